The molecule has 1 aliphatic rings. The van der Waals surface area contributed by atoms with Crippen molar-refractivity contribution in [3.63, 3.8) is 0 Å². The van der Waals surface area contributed by atoms with Gasteiger partial charge in [0.25, 0.3) is 5.69 Å². The fraction of sp³-hybridized carbons (Fsp3) is 0.500. The van der Waals surface area contributed by atoms with Crippen LogP contribution in [0.15, 0.2) is 30.5 Å². The molecule has 1 heterocycles. The molecule has 1 atom stereocenters. The minimum Gasteiger partial charge on any atom is -0.258 e. The highest BCUT2D eigenvalue weighted by atomic mass is 16.6. The van der Waals surface area contributed by atoms with E-state index in [0.29, 0.717) is 5.82 Å². The predicted octanol–water partition coefficient (Wildman–Crippen LogP) is 5.13. The number of rotatable bonds is 7. The first kappa shape index (κ1) is 17.5. The average Bonchev–Trinajstić information content (AvgIpc) is 2.65. The van der Waals surface area contributed by atoms with E-state index in [1.807, 2.05) is 6.20 Å². The van der Waals surface area contributed by atoms with E-state index in [4.69, 9.17) is 4.98 Å². The number of unbranched alkanes of at least 4 members (excludes halogenated alkanes) is 3. The summed E-state index contributed by atoms with van der Waals surface area (Å²) in [4.78, 5) is 19.6. The molecule has 5 heteroatoms. The Kier molecular flexibility index (Phi) is 5.74. The zero-order valence-corrected chi connectivity index (χ0v) is 14.8. The van der Waals surface area contributed by atoms with Gasteiger partial charge in [-0.1, -0.05) is 39.0 Å². The molecule has 132 valence electrons. The number of hydrogen-bond donors (Lipinski definition) is 0. The number of aryl methyl sites for hydroxylation is 1. The lowest BCUT2D eigenvalue weighted by Crippen LogP contribution is -2.16. The molecule has 0 amide bonds. The summed E-state index contributed by atoms with van der Waals surface area (Å²) in [6.07, 6.45) is 11.9. The lowest BCUT2D eigenvalue weighted by molar-refractivity contribution is -0.384. The Morgan fingerprint density at radius 2 is 2.00 bits per heavy atom. The van der Waals surface area contributed by atoms with Crippen LogP contribution >= 0.6 is 0 Å². The molecule has 0 radical (unpaired) electrons. The van der Waals surface area contributed by atoms with Gasteiger partial charge in [0.1, 0.15) is 0 Å². The highest BCUT2D eigenvalue weighted by Gasteiger charge is 2.20. The van der Waals surface area contributed by atoms with Gasteiger partial charge in [0.05, 0.1) is 4.92 Å². The van der Waals surface area contributed by atoms with Crippen LogP contribution in [-0.2, 0) is 12.8 Å². The second kappa shape index (κ2) is 8.19. The van der Waals surface area contributed by atoms with Gasteiger partial charge in [-0.25, -0.2) is 9.97 Å². The summed E-state index contributed by atoms with van der Waals surface area (Å²) in [7, 11) is 0. The summed E-state index contributed by atoms with van der Waals surface area (Å²) in [6.45, 7) is 2.25. The van der Waals surface area contributed by atoms with Gasteiger partial charge in [0.2, 0.25) is 0 Å². The summed E-state index contributed by atoms with van der Waals surface area (Å²) in [6, 6.07) is 6.45. The van der Waals surface area contributed by atoms with Gasteiger partial charge in [-0.2, -0.15) is 0 Å². The summed E-state index contributed by atoms with van der Waals surface area (Å²) < 4.78 is 0. The van der Waals surface area contributed by atoms with Gasteiger partial charge in [-0.3, -0.25) is 10.1 Å². The van der Waals surface area contributed by atoms with Gasteiger partial charge in [0, 0.05) is 29.6 Å². The molecule has 1 aliphatic carbocycles. The lowest BCUT2D eigenvalue weighted by atomic mass is 9.84. The molecule has 1 aromatic carbocycles. The number of hydrogen-bond acceptors (Lipinski definition) is 4. The third kappa shape index (κ3) is 4.41. The minimum atomic E-state index is -0.391. The van der Waals surface area contributed by atoms with E-state index in [2.05, 4.69) is 11.9 Å². The van der Waals surface area contributed by atoms with Crippen molar-refractivity contribution < 1.29 is 4.92 Å². The van der Waals surface area contributed by atoms with Crippen LogP contribution in [0.2, 0.25) is 0 Å². The van der Waals surface area contributed by atoms with E-state index >= 15 is 0 Å². The van der Waals surface area contributed by atoms with E-state index in [-0.39, 0.29) is 5.69 Å². The number of non-ortho nitro benzene ring substituents is 1. The molecule has 0 fully saturated rings. The van der Waals surface area contributed by atoms with Crippen LogP contribution in [0.1, 0.15) is 56.7 Å². The van der Waals surface area contributed by atoms with Crippen LogP contribution < -0.4 is 0 Å². The van der Waals surface area contributed by atoms with Crippen molar-refractivity contribution in [1.82, 2.24) is 9.97 Å². The van der Waals surface area contributed by atoms with Crippen molar-refractivity contribution in [3.8, 4) is 11.4 Å². The van der Waals surface area contributed by atoms with Crippen LogP contribution in [0, 0.1) is 16.0 Å². The Bertz CT molecular complexity index is 728. The minimum absolute atomic E-state index is 0.0904. The molecule has 3 rings (SSSR count). The second-order valence-electron chi connectivity index (χ2n) is 6.93. The first-order chi connectivity index (χ1) is 12.2. The number of nitro groups is 1. The normalized spacial score (nSPS) is 16.4. The van der Waals surface area contributed by atoms with Gasteiger partial charge in [-0.15, -0.1) is 0 Å². The second-order valence-corrected chi connectivity index (χ2v) is 6.93. The number of benzene rings is 1. The molecule has 2 aromatic rings. The van der Waals surface area contributed by atoms with Crippen molar-refractivity contribution in [1.29, 1.82) is 0 Å². The van der Waals surface area contributed by atoms with E-state index in [0.717, 1.165) is 30.0 Å². The quantitative estimate of drug-likeness (QED) is 0.398. The maximum atomic E-state index is 10.8. The van der Waals surface area contributed by atoms with Crippen LogP contribution in [0.5, 0.6) is 0 Å². The molecular formula is C20H25N3O2. The van der Waals surface area contributed by atoms with Gasteiger partial charge < -0.3 is 0 Å². The third-order valence-electron chi connectivity index (χ3n) is 5.05. The topological polar surface area (TPSA) is 68.9 Å². The molecule has 1 unspecified atom stereocenters. The van der Waals surface area contributed by atoms with Crippen molar-refractivity contribution >= 4 is 5.69 Å². The molecule has 0 saturated carbocycles. The average molecular weight is 339 g/mol. The Balaban J connectivity index is 1.66. The summed E-state index contributed by atoms with van der Waals surface area (Å²) in [5, 5.41) is 10.8. The van der Waals surface area contributed by atoms with Crippen LogP contribution in [0.4, 0.5) is 5.69 Å². The summed E-state index contributed by atoms with van der Waals surface area (Å²) in [5.41, 5.74) is 3.34. The van der Waals surface area contributed by atoms with E-state index in [1.165, 1.54) is 56.2 Å². The van der Waals surface area contributed by atoms with Crippen LogP contribution in [-0.4, -0.2) is 14.9 Å². The molecule has 0 saturated heterocycles. The monoisotopic (exact) mass is 339 g/mol. The highest BCUT2D eigenvalue weighted by molar-refractivity contribution is 5.57. The third-order valence-corrected chi connectivity index (χ3v) is 5.05. The van der Waals surface area contributed by atoms with E-state index in [9.17, 15) is 10.1 Å². The van der Waals surface area contributed by atoms with Gasteiger partial charge >= 0.3 is 0 Å². The zero-order chi connectivity index (χ0) is 17.6. The predicted molar refractivity (Wildman–Crippen MR) is 98.4 cm³/mol. The zero-order valence-electron chi connectivity index (χ0n) is 14.8. The Labute approximate surface area is 148 Å². The van der Waals surface area contributed by atoms with Gasteiger partial charge in [0.15, 0.2) is 5.82 Å². The highest BCUT2D eigenvalue weighted by Crippen LogP contribution is 2.29. The Hall–Kier alpha value is -2.30. The summed E-state index contributed by atoms with van der Waals surface area (Å²) >= 11 is 0. The molecule has 0 N–H and O–H groups in total. The Morgan fingerprint density at radius 3 is 2.72 bits per heavy atom. The molecule has 1 aromatic heterocycles. The molecule has 0 aliphatic heterocycles. The van der Waals surface area contributed by atoms with Crippen molar-refractivity contribution in [2.75, 3.05) is 0 Å². The fourth-order valence-electron chi connectivity index (χ4n) is 3.56. The van der Waals surface area contributed by atoms with E-state index < -0.39 is 4.92 Å². The van der Waals surface area contributed by atoms with E-state index in [1.54, 1.807) is 12.1 Å². The summed E-state index contributed by atoms with van der Waals surface area (Å²) in [5.74, 6) is 1.42. The fourth-order valence-corrected chi connectivity index (χ4v) is 3.56. The number of nitrogens with zero attached hydrogens (tertiary/aromatic N) is 3. The number of fused-ring (bicyclic) bond motifs is 1. The maximum Gasteiger partial charge on any atom is 0.269 e. The standard InChI is InChI=1S/C20H25N3O2/c1-2-3-4-5-6-15-7-12-19-17(13-15)14-21-20(22-19)16-8-10-18(11-9-16)23(24)25/h8-11,14-15H,2-7,12-13H2,1H3. The van der Waals surface area contributed by atoms with Crippen LogP contribution in [0.3, 0.4) is 0 Å². The van der Waals surface area contributed by atoms with Crippen molar-refractivity contribution in [3.05, 3.63) is 51.8 Å². The van der Waals surface area contributed by atoms with Crippen LogP contribution in [0.25, 0.3) is 11.4 Å². The smallest absolute Gasteiger partial charge is 0.258 e. The molecule has 0 spiro atoms. The van der Waals surface area contributed by atoms with Crippen molar-refractivity contribution in [2.24, 2.45) is 5.92 Å². The molecular weight excluding hydrogens is 314 g/mol. The van der Waals surface area contributed by atoms with Gasteiger partial charge in [-0.05, 0) is 42.9 Å². The lowest BCUT2D eigenvalue weighted by Gasteiger charge is -2.24. The maximum absolute atomic E-state index is 10.8. The SMILES string of the molecule is CCCCCCC1CCc2nc(-c3ccc([N+](=O)[O-])cc3)ncc2C1. The first-order valence-electron chi connectivity index (χ1n) is 9.27. The molecule has 25 heavy (non-hydrogen) atoms. The number of nitro benzene ring substituents is 1. The first-order valence-corrected chi connectivity index (χ1v) is 9.27. The molecule has 0 bridgehead atoms. The molecule has 5 nitrogen and oxygen atoms in total. The Morgan fingerprint density at radius 1 is 1.20 bits per heavy atom. The number of aromatic nitrogens is 2. The largest absolute Gasteiger partial charge is 0.269 e. The van der Waals surface area contributed by atoms with Crippen molar-refractivity contribution in [2.45, 2.75) is 58.3 Å².